The van der Waals surface area contributed by atoms with E-state index < -0.39 is 0 Å². The van der Waals surface area contributed by atoms with E-state index in [0.717, 1.165) is 12.0 Å². The summed E-state index contributed by atoms with van der Waals surface area (Å²) in [6.45, 7) is 3.61. The molecular weight excluding hydrogens is 138 g/mol. The van der Waals surface area contributed by atoms with Gasteiger partial charge in [-0.1, -0.05) is 6.08 Å². The average molecular weight is 149 g/mol. The van der Waals surface area contributed by atoms with Gasteiger partial charge in [0.2, 0.25) is 0 Å². The van der Waals surface area contributed by atoms with Crippen LogP contribution in [0.5, 0.6) is 0 Å². The smallest absolute Gasteiger partial charge is 0.146 e. The maximum Gasteiger partial charge on any atom is 0.146 e. The quantitative estimate of drug-likeness (QED) is 0.616. The fourth-order valence-corrected chi connectivity index (χ4v) is 0.865. The van der Waals surface area contributed by atoms with Gasteiger partial charge in [0.05, 0.1) is 5.69 Å². The normalized spacial score (nSPS) is 9.45. The lowest BCUT2D eigenvalue weighted by molar-refractivity contribution is 1.23. The maximum atomic E-state index is 5.63. The van der Waals surface area contributed by atoms with Crippen molar-refractivity contribution in [1.82, 2.24) is 4.98 Å². The molecule has 1 aromatic rings. The first-order valence-corrected chi connectivity index (χ1v) is 3.35. The number of hydrogen-bond donors (Lipinski definition) is 2. The Morgan fingerprint density at radius 2 is 2.27 bits per heavy atom. The number of anilines is 2. The summed E-state index contributed by atoms with van der Waals surface area (Å²) >= 11 is 0. The Morgan fingerprint density at radius 1 is 1.55 bits per heavy atom. The summed E-state index contributed by atoms with van der Waals surface area (Å²) in [5.74, 6) is 0.393. The van der Waals surface area contributed by atoms with E-state index in [1.54, 1.807) is 12.3 Å². The first-order valence-electron chi connectivity index (χ1n) is 3.35. The van der Waals surface area contributed by atoms with E-state index in [-0.39, 0.29) is 0 Å². The van der Waals surface area contributed by atoms with E-state index >= 15 is 0 Å². The van der Waals surface area contributed by atoms with Crippen molar-refractivity contribution in [2.75, 3.05) is 11.5 Å². The molecule has 0 atom stereocenters. The Kier molecular flexibility index (Phi) is 2.11. The molecule has 3 nitrogen and oxygen atoms in total. The second-order valence-corrected chi connectivity index (χ2v) is 2.26. The van der Waals surface area contributed by atoms with Crippen LogP contribution in [0.15, 0.2) is 24.9 Å². The van der Waals surface area contributed by atoms with E-state index in [1.165, 1.54) is 0 Å². The van der Waals surface area contributed by atoms with Gasteiger partial charge in [-0.3, -0.25) is 0 Å². The molecule has 0 saturated carbocycles. The van der Waals surface area contributed by atoms with Gasteiger partial charge < -0.3 is 11.5 Å². The topological polar surface area (TPSA) is 64.9 Å². The molecule has 0 aliphatic carbocycles. The van der Waals surface area contributed by atoms with Crippen LogP contribution >= 0.6 is 0 Å². The molecule has 1 aromatic heterocycles. The molecule has 0 unspecified atom stereocenters. The van der Waals surface area contributed by atoms with E-state index in [9.17, 15) is 0 Å². The average Bonchev–Trinajstić information content (AvgIpc) is 1.99. The molecule has 4 N–H and O–H groups in total. The van der Waals surface area contributed by atoms with E-state index in [2.05, 4.69) is 11.6 Å². The molecule has 0 saturated heterocycles. The van der Waals surface area contributed by atoms with Gasteiger partial charge in [-0.2, -0.15) is 0 Å². The van der Waals surface area contributed by atoms with Gasteiger partial charge in [0, 0.05) is 6.20 Å². The summed E-state index contributed by atoms with van der Waals surface area (Å²) in [6, 6.07) is 1.84. The van der Waals surface area contributed by atoms with Gasteiger partial charge in [0.25, 0.3) is 0 Å². The van der Waals surface area contributed by atoms with E-state index in [1.807, 2.05) is 6.07 Å². The lowest BCUT2D eigenvalue weighted by Crippen LogP contribution is -2.01. The van der Waals surface area contributed by atoms with Crippen molar-refractivity contribution in [3.8, 4) is 0 Å². The molecule has 0 aromatic carbocycles. The van der Waals surface area contributed by atoms with Crippen LogP contribution in [-0.4, -0.2) is 4.98 Å². The fraction of sp³-hybridized carbons (Fsp3) is 0.125. The highest BCUT2D eigenvalue weighted by Gasteiger charge is 1.99. The van der Waals surface area contributed by atoms with E-state index in [4.69, 9.17) is 11.5 Å². The minimum absolute atomic E-state index is 0.393. The van der Waals surface area contributed by atoms with Gasteiger partial charge in [-0.05, 0) is 18.1 Å². The Morgan fingerprint density at radius 3 is 2.91 bits per heavy atom. The number of allylic oxidation sites excluding steroid dienone is 1. The summed E-state index contributed by atoms with van der Waals surface area (Å²) in [5, 5.41) is 0. The van der Waals surface area contributed by atoms with Crippen molar-refractivity contribution in [3.05, 3.63) is 30.5 Å². The Hall–Kier alpha value is -1.51. The summed E-state index contributed by atoms with van der Waals surface area (Å²) in [5.41, 5.74) is 12.7. The SMILES string of the molecule is C=CCc1ccnc(N)c1N. The number of pyridine rings is 1. The summed E-state index contributed by atoms with van der Waals surface area (Å²) in [6.07, 6.45) is 4.16. The lowest BCUT2D eigenvalue weighted by Gasteiger charge is -2.03. The number of nitrogens with two attached hydrogens (primary N) is 2. The lowest BCUT2D eigenvalue weighted by atomic mass is 10.1. The van der Waals surface area contributed by atoms with Crippen molar-refractivity contribution in [3.63, 3.8) is 0 Å². The molecule has 0 spiro atoms. The third-order valence-corrected chi connectivity index (χ3v) is 1.48. The molecule has 0 aliphatic heterocycles. The molecule has 1 rings (SSSR count). The molecule has 0 fully saturated rings. The number of nitrogen functional groups attached to an aromatic ring is 2. The highest BCUT2D eigenvalue weighted by molar-refractivity contribution is 5.62. The molecule has 11 heavy (non-hydrogen) atoms. The zero-order chi connectivity index (χ0) is 8.27. The zero-order valence-corrected chi connectivity index (χ0v) is 6.25. The second-order valence-electron chi connectivity index (χ2n) is 2.26. The van der Waals surface area contributed by atoms with Gasteiger partial charge >= 0.3 is 0 Å². The number of aromatic nitrogens is 1. The third-order valence-electron chi connectivity index (χ3n) is 1.48. The highest BCUT2D eigenvalue weighted by atomic mass is 14.9. The summed E-state index contributed by atoms with van der Waals surface area (Å²) in [7, 11) is 0. The van der Waals surface area contributed by atoms with Crippen LogP contribution in [0.4, 0.5) is 11.5 Å². The predicted molar refractivity (Wildman–Crippen MR) is 47.0 cm³/mol. The van der Waals surface area contributed by atoms with Crippen molar-refractivity contribution < 1.29 is 0 Å². The Labute approximate surface area is 65.7 Å². The number of hydrogen-bond acceptors (Lipinski definition) is 3. The number of rotatable bonds is 2. The number of nitrogens with zero attached hydrogens (tertiary/aromatic N) is 1. The van der Waals surface area contributed by atoms with E-state index in [0.29, 0.717) is 11.5 Å². The van der Waals surface area contributed by atoms with Crippen LogP contribution in [-0.2, 0) is 6.42 Å². The molecular formula is C8H11N3. The van der Waals surface area contributed by atoms with Crippen LogP contribution in [0.25, 0.3) is 0 Å². The van der Waals surface area contributed by atoms with Crippen molar-refractivity contribution in [2.24, 2.45) is 0 Å². The van der Waals surface area contributed by atoms with Crippen molar-refractivity contribution in [1.29, 1.82) is 0 Å². The molecule has 3 heteroatoms. The largest absolute Gasteiger partial charge is 0.396 e. The standard InChI is InChI=1S/C8H11N3/c1-2-3-6-4-5-11-8(10)7(6)9/h2,4-5H,1,3,9H2,(H2,10,11). The maximum absolute atomic E-state index is 5.63. The van der Waals surface area contributed by atoms with Crippen LogP contribution in [0.2, 0.25) is 0 Å². The minimum Gasteiger partial charge on any atom is -0.396 e. The monoisotopic (exact) mass is 149 g/mol. The summed E-state index contributed by atoms with van der Waals surface area (Å²) < 4.78 is 0. The fourth-order valence-electron chi connectivity index (χ4n) is 0.865. The van der Waals surface area contributed by atoms with Gasteiger partial charge in [0.1, 0.15) is 5.82 Å². The van der Waals surface area contributed by atoms with Crippen LogP contribution in [0, 0.1) is 0 Å². The second kappa shape index (κ2) is 3.05. The van der Waals surface area contributed by atoms with Crippen LogP contribution in [0.1, 0.15) is 5.56 Å². The van der Waals surface area contributed by atoms with Crippen LogP contribution in [0.3, 0.4) is 0 Å². The summed E-state index contributed by atoms with van der Waals surface area (Å²) in [4.78, 5) is 3.84. The van der Waals surface area contributed by atoms with Gasteiger partial charge in [0.15, 0.2) is 0 Å². The molecule has 1 heterocycles. The predicted octanol–water partition coefficient (Wildman–Crippen LogP) is 0.975. The van der Waals surface area contributed by atoms with Gasteiger partial charge in [-0.25, -0.2) is 4.98 Å². The van der Waals surface area contributed by atoms with Crippen molar-refractivity contribution in [2.45, 2.75) is 6.42 Å². The zero-order valence-electron chi connectivity index (χ0n) is 6.25. The van der Waals surface area contributed by atoms with Gasteiger partial charge in [-0.15, -0.1) is 6.58 Å². The Balaban J connectivity index is 3.05. The highest BCUT2D eigenvalue weighted by Crippen LogP contribution is 2.16. The first-order chi connectivity index (χ1) is 5.25. The minimum atomic E-state index is 0.393. The molecule has 0 amide bonds. The van der Waals surface area contributed by atoms with Crippen molar-refractivity contribution >= 4 is 11.5 Å². The molecule has 0 bridgehead atoms. The third kappa shape index (κ3) is 1.49. The molecule has 0 aliphatic rings. The Bertz CT molecular complexity index is 268. The first kappa shape index (κ1) is 7.60. The molecule has 58 valence electrons. The van der Waals surface area contributed by atoms with Crippen LogP contribution < -0.4 is 11.5 Å². The molecule has 0 radical (unpaired) electrons.